The molecule has 2 aliphatic rings. The Morgan fingerprint density at radius 3 is 2.83 bits per heavy atom. The van der Waals surface area contributed by atoms with E-state index in [4.69, 9.17) is 9.47 Å². The Bertz CT molecular complexity index is 1030. The van der Waals surface area contributed by atoms with Gasteiger partial charge in [0.2, 0.25) is 12.7 Å². The van der Waals surface area contributed by atoms with Gasteiger partial charge in [0, 0.05) is 24.0 Å². The monoisotopic (exact) mass is 405 g/mol. The van der Waals surface area contributed by atoms with Crippen LogP contribution >= 0.6 is 0 Å². The highest BCUT2D eigenvalue weighted by Gasteiger charge is 2.24. The van der Waals surface area contributed by atoms with Crippen molar-refractivity contribution in [3.63, 3.8) is 0 Å². The third-order valence-corrected chi connectivity index (χ3v) is 5.72. The van der Waals surface area contributed by atoms with E-state index in [9.17, 15) is 4.79 Å². The number of amides is 1. The maximum absolute atomic E-state index is 12.5. The number of hydrogen-bond donors (Lipinski definition) is 1. The first-order chi connectivity index (χ1) is 14.7. The van der Waals surface area contributed by atoms with Gasteiger partial charge in [0.15, 0.2) is 11.5 Å². The van der Waals surface area contributed by atoms with Crippen molar-refractivity contribution in [3.05, 3.63) is 54.7 Å². The fourth-order valence-electron chi connectivity index (χ4n) is 4.13. The standard InChI is InChI=1S/C22H23N5O3/c28-22(10-15-1-6-20-21(9-15)30-14-29-20)26-17-2-4-18(5-3-17)27-12-16(11-25-27)19-7-8-23-13-24-19/h1,6-9,11-13,17-18H,2-5,10,14H2,(H,26,28). The molecule has 3 aromatic rings. The van der Waals surface area contributed by atoms with Crippen LogP contribution in [-0.4, -0.2) is 38.5 Å². The smallest absolute Gasteiger partial charge is 0.231 e. The van der Waals surface area contributed by atoms with Crippen molar-refractivity contribution >= 4 is 5.91 Å². The predicted molar refractivity (Wildman–Crippen MR) is 109 cm³/mol. The minimum absolute atomic E-state index is 0.0439. The van der Waals surface area contributed by atoms with Crippen LogP contribution in [-0.2, 0) is 11.2 Å². The van der Waals surface area contributed by atoms with Gasteiger partial charge >= 0.3 is 0 Å². The lowest BCUT2D eigenvalue weighted by molar-refractivity contribution is -0.121. The third kappa shape index (κ3) is 3.98. The van der Waals surface area contributed by atoms with Gasteiger partial charge in [-0.3, -0.25) is 9.48 Å². The number of carbonyl (C=O) groups excluding carboxylic acids is 1. The van der Waals surface area contributed by atoms with Crippen LogP contribution < -0.4 is 14.8 Å². The van der Waals surface area contributed by atoms with Crippen molar-refractivity contribution in [2.45, 2.75) is 44.2 Å². The number of hydrogen-bond acceptors (Lipinski definition) is 6. The minimum Gasteiger partial charge on any atom is -0.454 e. The van der Waals surface area contributed by atoms with Crippen LogP contribution in [0.1, 0.15) is 37.3 Å². The molecule has 30 heavy (non-hydrogen) atoms. The van der Waals surface area contributed by atoms with Crippen molar-refractivity contribution < 1.29 is 14.3 Å². The van der Waals surface area contributed by atoms with E-state index in [0.717, 1.165) is 48.3 Å². The topological polar surface area (TPSA) is 91.2 Å². The molecule has 0 radical (unpaired) electrons. The van der Waals surface area contributed by atoms with E-state index in [-0.39, 0.29) is 18.7 Å². The van der Waals surface area contributed by atoms with Gasteiger partial charge in [-0.1, -0.05) is 6.07 Å². The molecule has 0 bridgehead atoms. The highest BCUT2D eigenvalue weighted by molar-refractivity contribution is 5.79. The molecule has 5 rings (SSSR count). The van der Waals surface area contributed by atoms with Crippen molar-refractivity contribution in [1.82, 2.24) is 25.1 Å². The largest absolute Gasteiger partial charge is 0.454 e. The van der Waals surface area contributed by atoms with Gasteiger partial charge in [0.1, 0.15) is 6.33 Å². The summed E-state index contributed by atoms with van der Waals surface area (Å²) in [7, 11) is 0. The Labute approximate surface area is 174 Å². The Kier molecular flexibility index (Phi) is 5.04. The molecule has 0 unspecified atom stereocenters. The summed E-state index contributed by atoms with van der Waals surface area (Å²) < 4.78 is 12.7. The fraction of sp³-hybridized carbons (Fsp3) is 0.364. The van der Waals surface area contributed by atoms with Gasteiger partial charge < -0.3 is 14.8 Å². The lowest BCUT2D eigenvalue weighted by Gasteiger charge is -2.29. The van der Waals surface area contributed by atoms with E-state index in [2.05, 4.69) is 20.4 Å². The Morgan fingerprint density at radius 2 is 2.00 bits per heavy atom. The molecule has 8 nitrogen and oxygen atoms in total. The fourth-order valence-corrected chi connectivity index (χ4v) is 4.13. The molecule has 2 aromatic heterocycles. The molecule has 1 amide bonds. The number of nitrogens with one attached hydrogen (secondary N) is 1. The summed E-state index contributed by atoms with van der Waals surface area (Å²) in [6, 6.07) is 8.09. The Balaban J connectivity index is 1.13. The molecule has 0 atom stereocenters. The van der Waals surface area contributed by atoms with Crippen LogP contribution in [0.15, 0.2) is 49.2 Å². The molecule has 1 aromatic carbocycles. The summed E-state index contributed by atoms with van der Waals surface area (Å²) in [5.74, 6) is 1.49. The molecule has 1 saturated carbocycles. The predicted octanol–water partition coefficient (Wildman–Crippen LogP) is 2.91. The average Bonchev–Trinajstić information content (AvgIpc) is 3.44. The molecule has 1 aliphatic heterocycles. The van der Waals surface area contributed by atoms with Crippen molar-refractivity contribution in [2.75, 3.05) is 6.79 Å². The number of fused-ring (bicyclic) bond motifs is 1. The maximum atomic E-state index is 12.5. The molecular formula is C22H23N5O3. The molecule has 3 heterocycles. The molecule has 154 valence electrons. The van der Waals surface area contributed by atoms with Crippen LogP contribution in [0, 0.1) is 0 Å². The first-order valence-corrected chi connectivity index (χ1v) is 10.2. The summed E-state index contributed by atoms with van der Waals surface area (Å²) in [6.07, 6.45) is 11.4. The van der Waals surface area contributed by atoms with Crippen LogP contribution in [0.5, 0.6) is 11.5 Å². The summed E-state index contributed by atoms with van der Waals surface area (Å²) in [5, 5.41) is 7.71. The van der Waals surface area contributed by atoms with E-state index in [1.165, 1.54) is 0 Å². The Morgan fingerprint density at radius 1 is 1.13 bits per heavy atom. The first-order valence-electron chi connectivity index (χ1n) is 10.2. The first kappa shape index (κ1) is 18.6. The summed E-state index contributed by atoms with van der Waals surface area (Å²) in [5.41, 5.74) is 2.80. The normalized spacial score (nSPS) is 20.1. The van der Waals surface area contributed by atoms with Gasteiger partial charge in [-0.2, -0.15) is 5.10 Å². The summed E-state index contributed by atoms with van der Waals surface area (Å²) in [4.78, 5) is 20.7. The second-order valence-corrected chi connectivity index (χ2v) is 7.74. The average molecular weight is 405 g/mol. The summed E-state index contributed by atoms with van der Waals surface area (Å²) in [6.45, 7) is 0.241. The maximum Gasteiger partial charge on any atom is 0.231 e. The van der Waals surface area contributed by atoms with Crippen LogP contribution in [0.25, 0.3) is 11.3 Å². The van der Waals surface area contributed by atoms with Crippen LogP contribution in [0.3, 0.4) is 0 Å². The van der Waals surface area contributed by atoms with Gasteiger partial charge in [0.05, 0.1) is 24.4 Å². The number of rotatable bonds is 5. The number of nitrogens with zero attached hydrogens (tertiary/aromatic N) is 4. The van der Waals surface area contributed by atoms with Crippen molar-refractivity contribution in [1.29, 1.82) is 0 Å². The van der Waals surface area contributed by atoms with E-state index in [1.807, 2.05) is 41.3 Å². The SMILES string of the molecule is O=C(Cc1ccc2c(c1)OCO2)NC1CCC(n2cc(-c3ccncn3)cn2)CC1. The highest BCUT2D eigenvalue weighted by Crippen LogP contribution is 2.33. The lowest BCUT2D eigenvalue weighted by atomic mass is 9.91. The molecule has 1 aliphatic carbocycles. The molecule has 0 saturated heterocycles. The lowest BCUT2D eigenvalue weighted by Crippen LogP contribution is -2.38. The molecule has 8 heteroatoms. The van der Waals surface area contributed by atoms with E-state index in [0.29, 0.717) is 18.2 Å². The summed E-state index contributed by atoms with van der Waals surface area (Å²) >= 11 is 0. The number of benzene rings is 1. The molecular weight excluding hydrogens is 382 g/mol. The quantitative estimate of drug-likeness (QED) is 0.702. The number of ether oxygens (including phenoxy) is 2. The molecule has 0 spiro atoms. The number of carbonyl (C=O) groups is 1. The van der Waals surface area contributed by atoms with E-state index in [1.54, 1.807) is 12.5 Å². The second kappa shape index (κ2) is 8.14. The van der Waals surface area contributed by atoms with E-state index >= 15 is 0 Å². The van der Waals surface area contributed by atoms with Gasteiger partial charge in [-0.25, -0.2) is 9.97 Å². The zero-order valence-electron chi connectivity index (χ0n) is 16.5. The second-order valence-electron chi connectivity index (χ2n) is 7.74. The molecule has 1 N–H and O–H groups in total. The molecule has 1 fully saturated rings. The van der Waals surface area contributed by atoms with Crippen LogP contribution in [0.2, 0.25) is 0 Å². The minimum atomic E-state index is 0.0439. The number of aromatic nitrogens is 4. The van der Waals surface area contributed by atoms with Crippen molar-refractivity contribution in [2.24, 2.45) is 0 Å². The van der Waals surface area contributed by atoms with Gasteiger partial charge in [-0.05, 0) is 49.4 Å². The third-order valence-electron chi connectivity index (χ3n) is 5.72. The van der Waals surface area contributed by atoms with Gasteiger partial charge in [-0.15, -0.1) is 0 Å². The highest BCUT2D eigenvalue weighted by atomic mass is 16.7. The van der Waals surface area contributed by atoms with E-state index < -0.39 is 0 Å². The van der Waals surface area contributed by atoms with Crippen molar-refractivity contribution in [3.8, 4) is 22.8 Å². The Hall–Kier alpha value is -3.42. The van der Waals surface area contributed by atoms with Gasteiger partial charge in [0.25, 0.3) is 0 Å². The zero-order chi connectivity index (χ0) is 20.3. The van der Waals surface area contributed by atoms with Crippen LogP contribution in [0.4, 0.5) is 0 Å². The zero-order valence-corrected chi connectivity index (χ0v) is 16.5.